The van der Waals surface area contributed by atoms with Crippen molar-refractivity contribution in [2.24, 2.45) is 0 Å². The van der Waals surface area contributed by atoms with E-state index in [1.165, 1.54) is 17.5 Å². The summed E-state index contributed by atoms with van der Waals surface area (Å²) in [7, 11) is 0. The van der Waals surface area contributed by atoms with Crippen molar-refractivity contribution in [3.05, 3.63) is 70.8 Å². The van der Waals surface area contributed by atoms with E-state index in [-0.39, 0.29) is 5.91 Å². The summed E-state index contributed by atoms with van der Waals surface area (Å²) in [5.74, 6) is 0.715. The van der Waals surface area contributed by atoms with Crippen LogP contribution in [0.5, 0.6) is 5.75 Å². The summed E-state index contributed by atoms with van der Waals surface area (Å²) in [4.78, 5) is 16.7. The van der Waals surface area contributed by atoms with Gasteiger partial charge in [0, 0.05) is 5.56 Å². The molecule has 0 aliphatic carbocycles. The maximum atomic E-state index is 12.5. The van der Waals surface area contributed by atoms with Gasteiger partial charge in [-0.2, -0.15) is 0 Å². The molecule has 1 amide bonds. The van der Waals surface area contributed by atoms with Crippen LogP contribution in [0.25, 0.3) is 11.3 Å². The fourth-order valence-electron chi connectivity index (χ4n) is 3.72. The first kappa shape index (κ1) is 18.3. The molecule has 0 spiro atoms. The van der Waals surface area contributed by atoms with Crippen LogP contribution >= 0.6 is 0 Å². The highest BCUT2D eigenvalue weighted by Gasteiger charge is 2.23. The molecule has 0 unspecified atom stereocenters. The fraction of sp³-hybridized carbons (Fsp3) is 0.304. The average Bonchev–Trinajstić information content (AvgIpc) is 3.18. The molecule has 0 radical (unpaired) electrons. The maximum absolute atomic E-state index is 12.5. The summed E-state index contributed by atoms with van der Waals surface area (Å²) < 4.78 is 11.0. The number of fused-ring (bicyclic) bond motifs is 1. The first-order valence-electron chi connectivity index (χ1n) is 9.71. The van der Waals surface area contributed by atoms with Gasteiger partial charge in [-0.15, -0.1) is 0 Å². The van der Waals surface area contributed by atoms with Gasteiger partial charge in [-0.1, -0.05) is 37.6 Å². The van der Waals surface area contributed by atoms with Gasteiger partial charge in [0.25, 0.3) is 5.91 Å². The molecule has 1 aliphatic heterocycles. The highest BCUT2D eigenvalue weighted by molar-refractivity contribution is 5.98. The molecule has 0 saturated heterocycles. The van der Waals surface area contributed by atoms with Gasteiger partial charge in [-0.25, -0.2) is 4.98 Å². The number of rotatable bonds is 5. The van der Waals surface area contributed by atoms with E-state index in [9.17, 15) is 4.79 Å². The van der Waals surface area contributed by atoms with E-state index in [1.807, 2.05) is 6.07 Å². The Morgan fingerprint density at radius 3 is 2.75 bits per heavy atom. The quantitative estimate of drug-likeness (QED) is 0.720. The highest BCUT2D eigenvalue weighted by atomic mass is 16.5. The molecule has 0 fully saturated rings. The van der Waals surface area contributed by atoms with Crippen molar-refractivity contribution in [3.63, 3.8) is 0 Å². The Balaban J connectivity index is 1.69. The Morgan fingerprint density at radius 2 is 2.04 bits per heavy atom. The Kier molecular flexibility index (Phi) is 5.15. The number of amides is 1. The zero-order valence-electron chi connectivity index (χ0n) is 16.2. The van der Waals surface area contributed by atoms with Crippen molar-refractivity contribution in [2.45, 2.75) is 33.1 Å². The first-order chi connectivity index (χ1) is 13.7. The lowest BCUT2D eigenvalue weighted by Gasteiger charge is -2.18. The van der Waals surface area contributed by atoms with Gasteiger partial charge in [0.05, 0.1) is 12.1 Å². The average molecular weight is 376 g/mol. The van der Waals surface area contributed by atoms with E-state index in [1.54, 1.807) is 6.26 Å². The standard InChI is InChI=1S/C23H24N2O3/c1-3-4-19-15(2)18(12-20-22(19)28-10-9-24-23(20)26)11-16-5-7-17(8-6-16)21-13-27-14-25-21/h5-8,12-14H,3-4,9-11H2,1-2H3,(H,24,26). The number of ether oxygens (including phenoxy) is 1. The molecule has 28 heavy (non-hydrogen) atoms. The number of benzene rings is 2. The molecule has 144 valence electrons. The van der Waals surface area contributed by atoms with Crippen LogP contribution in [0.2, 0.25) is 0 Å². The van der Waals surface area contributed by atoms with Gasteiger partial charge in [0.2, 0.25) is 0 Å². The minimum Gasteiger partial charge on any atom is -0.491 e. The Bertz CT molecular complexity index is 976. The molecule has 5 heteroatoms. The fourth-order valence-corrected chi connectivity index (χ4v) is 3.72. The molecule has 2 heterocycles. The molecule has 1 N–H and O–H groups in total. The van der Waals surface area contributed by atoms with Crippen molar-refractivity contribution in [1.82, 2.24) is 10.3 Å². The van der Waals surface area contributed by atoms with E-state index in [0.29, 0.717) is 18.7 Å². The van der Waals surface area contributed by atoms with Gasteiger partial charge < -0.3 is 14.5 Å². The maximum Gasteiger partial charge on any atom is 0.255 e. The monoisotopic (exact) mass is 376 g/mol. The van der Waals surface area contributed by atoms with Crippen molar-refractivity contribution in [2.75, 3.05) is 13.2 Å². The smallest absolute Gasteiger partial charge is 0.255 e. The predicted octanol–water partition coefficient (Wildman–Crippen LogP) is 4.32. The predicted molar refractivity (Wildman–Crippen MR) is 108 cm³/mol. The molecule has 0 bridgehead atoms. The van der Waals surface area contributed by atoms with E-state index in [4.69, 9.17) is 9.15 Å². The number of carbonyl (C=O) groups is 1. The summed E-state index contributed by atoms with van der Waals surface area (Å²) in [6.07, 6.45) is 5.75. The third-order valence-corrected chi connectivity index (χ3v) is 5.23. The molecule has 3 aromatic rings. The molecular formula is C23H24N2O3. The number of nitrogens with one attached hydrogen (secondary N) is 1. The Morgan fingerprint density at radius 1 is 1.21 bits per heavy atom. The van der Waals surface area contributed by atoms with Crippen LogP contribution in [-0.2, 0) is 12.8 Å². The summed E-state index contributed by atoms with van der Waals surface area (Å²) in [6, 6.07) is 10.3. The molecule has 4 rings (SSSR count). The van der Waals surface area contributed by atoms with Crippen molar-refractivity contribution in [3.8, 4) is 17.0 Å². The van der Waals surface area contributed by atoms with Crippen molar-refractivity contribution < 1.29 is 13.9 Å². The number of carbonyl (C=O) groups excluding carboxylic acids is 1. The second-order valence-electron chi connectivity index (χ2n) is 7.12. The first-order valence-corrected chi connectivity index (χ1v) is 9.71. The minimum absolute atomic E-state index is 0.0486. The van der Waals surface area contributed by atoms with Gasteiger partial charge in [0.15, 0.2) is 6.39 Å². The summed E-state index contributed by atoms with van der Waals surface area (Å²) in [5, 5.41) is 2.92. The Hall–Kier alpha value is -3.08. The largest absolute Gasteiger partial charge is 0.491 e. The lowest BCUT2D eigenvalue weighted by Crippen LogP contribution is -2.24. The van der Waals surface area contributed by atoms with Gasteiger partial charge >= 0.3 is 0 Å². The SMILES string of the molecule is CCCc1c(C)c(Cc2ccc(-c3cocn3)cc2)cc2c1OCCNC2=O. The zero-order valence-corrected chi connectivity index (χ0v) is 16.2. The second kappa shape index (κ2) is 7.89. The topological polar surface area (TPSA) is 64.4 Å². The molecular weight excluding hydrogens is 352 g/mol. The summed E-state index contributed by atoms with van der Waals surface area (Å²) in [6.45, 7) is 5.34. The molecule has 1 aromatic heterocycles. The third-order valence-electron chi connectivity index (χ3n) is 5.23. The van der Waals surface area contributed by atoms with Gasteiger partial charge in [-0.3, -0.25) is 4.79 Å². The zero-order chi connectivity index (χ0) is 19.5. The van der Waals surface area contributed by atoms with Crippen LogP contribution in [0, 0.1) is 6.92 Å². The van der Waals surface area contributed by atoms with Crippen molar-refractivity contribution >= 4 is 5.91 Å². The van der Waals surface area contributed by atoms with Crippen LogP contribution in [-0.4, -0.2) is 24.0 Å². The van der Waals surface area contributed by atoms with E-state index in [2.05, 4.69) is 48.4 Å². The highest BCUT2D eigenvalue weighted by Crippen LogP contribution is 2.33. The normalized spacial score (nSPS) is 13.4. The summed E-state index contributed by atoms with van der Waals surface area (Å²) in [5.41, 5.74) is 7.23. The minimum atomic E-state index is -0.0486. The Labute approximate surface area is 164 Å². The van der Waals surface area contributed by atoms with Crippen LogP contribution < -0.4 is 10.1 Å². The van der Waals surface area contributed by atoms with Crippen LogP contribution in [0.3, 0.4) is 0 Å². The number of hydrogen-bond acceptors (Lipinski definition) is 4. The number of oxazole rings is 1. The molecule has 0 saturated carbocycles. The van der Waals surface area contributed by atoms with Crippen LogP contribution in [0.15, 0.2) is 47.4 Å². The van der Waals surface area contributed by atoms with Gasteiger partial charge in [-0.05, 0) is 48.1 Å². The van der Waals surface area contributed by atoms with Crippen molar-refractivity contribution in [1.29, 1.82) is 0 Å². The van der Waals surface area contributed by atoms with Gasteiger partial charge in [0.1, 0.15) is 24.3 Å². The number of aromatic nitrogens is 1. The van der Waals surface area contributed by atoms with E-state index >= 15 is 0 Å². The molecule has 2 aromatic carbocycles. The molecule has 0 atom stereocenters. The van der Waals surface area contributed by atoms with Crippen LogP contribution in [0.4, 0.5) is 0 Å². The number of hydrogen-bond donors (Lipinski definition) is 1. The lowest BCUT2D eigenvalue weighted by molar-refractivity contribution is 0.0957. The molecule has 1 aliphatic rings. The summed E-state index contributed by atoms with van der Waals surface area (Å²) >= 11 is 0. The second-order valence-corrected chi connectivity index (χ2v) is 7.12. The molecule has 5 nitrogen and oxygen atoms in total. The third kappa shape index (κ3) is 3.52. The van der Waals surface area contributed by atoms with E-state index < -0.39 is 0 Å². The van der Waals surface area contributed by atoms with E-state index in [0.717, 1.165) is 47.4 Å². The number of nitrogens with zero attached hydrogens (tertiary/aromatic N) is 1. The van der Waals surface area contributed by atoms with Crippen LogP contribution in [0.1, 0.15) is 46.0 Å². The lowest BCUT2D eigenvalue weighted by atomic mass is 9.90.